The van der Waals surface area contributed by atoms with E-state index in [9.17, 15) is 9.59 Å². The van der Waals surface area contributed by atoms with Crippen LogP contribution >= 0.6 is 0 Å². The van der Waals surface area contributed by atoms with Crippen molar-refractivity contribution in [2.75, 3.05) is 26.8 Å². The second kappa shape index (κ2) is 6.93. The van der Waals surface area contributed by atoms with Crippen molar-refractivity contribution in [3.8, 4) is 0 Å². The van der Waals surface area contributed by atoms with Crippen LogP contribution in [0.2, 0.25) is 0 Å². The van der Waals surface area contributed by atoms with Gasteiger partial charge in [-0.05, 0) is 6.42 Å². The lowest BCUT2D eigenvalue weighted by Gasteiger charge is -2.36. The predicted octanol–water partition coefficient (Wildman–Crippen LogP) is -1.27. The van der Waals surface area contributed by atoms with E-state index in [2.05, 4.69) is 10.5 Å². The van der Waals surface area contributed by atoms with Crippen LogP contribution in [0.15, 0.2) is 5.16 Å². The monoisotopic (exact) mass is 272 g/mol. The van der Waals surface area contributed by atoms with Crippen molar-refractivity contribution in [3.63, 3.8) is 0 Å². The summed E-state index contributed by atoms with van der Waals surface area (Å²) in [7, 11) is 1.50. The van der Waals surface area contributed by atoms with Crippen LogP contribution in [-0.4, -0.2) is 60.6 Å². The minimum absolute atomic E-state index is 0.144. The van der Waals surface area contributed by atoms with E-state index >= 15 is 0 Å². The third-order valence-corrected chi connectivity index (χ3v) is 3.14. The molecule has 0 aliphatic carbocycles. The molecule has 0 aromatic rings. The molecule has 2 atom stereocenters. The minimum Gasteiger partial charge on any atom is -0.409 e. The molecular weight excluding hydrogens is 252 g/mol. The van der Waals surface area contributed by atoms with Crippen molar-refractivity contribution in [3.05, 3.63) is 0 Å². The fraction of sp³-hybridized carbons (Fsp3) is 0.727. The number of hydrogen-bond acceptors (Lipinski definition) is 5. The van der Waals surface area contributed by atoms with Gasteiger partial charge in [0.15, 0.2) is 5.84 Å². The van der Waals surface area contributed by atoms with Gasteiger partial charge in [-0.25, -0.2) is 0 Å². The number of amidine groups is 1. The molecule has 1 saturated heterocycles. The van der Waals surface area contributed by atoms with Crippen molar-refractivity contribution < 1.29 is 19.5 Å². The number of nitrogens with zero attached hydrogens (tertiary/aromatic N) is 2. The Hall–Kier alpha value is -1.83. The number of nitrogens with two attached hydrogens (primary N) is 1. The quantitative estimate of drug-likeness (QED) is 0.255. The zero-order valence-corrected chi connectivity index (χ0v) is 11.1. The standard InChI is InChI=1S/C11H20N4O4/c1-3-7(9(12)14-18)11(17)15-4-5-19-6-8(15)10(16)13-2/h7-8,18H,3-6H2,1-2H3,(H2,12,14)(H,13,16). The fourth-order valence-electron chi connectivity index (χ4n) is 2.03. The van der Waals surface area contributed by atoms with Gasteiger partial charge in [-0.3, -0.25) is 9.59 Å². The van der Waals surface area contributed by atoms with E-state index < -0.39 is 12.0 Å². The Kier molecular flexibility index (Phi) is 5.56. The van der Waals surface area contributed by atoms with E-state index in [1.54, 1.807) is 6.92 Å². The van der Waals surface area contributed by atoms with Gasteiger partial charge in [0, 0.05) is 13.6 Å². The first-order valence-electron chi connectivity index (χ1n) is 6.14. The SMILES string of the molecule is CCC(C(=O)N1CCOCC1C(=O)NC)C(N)=NO. The predicted molar refractivity (Wildman–Crippen MR) is 67.6 cm³/mol. The first-order valence-corrected chi connectivity index (χ1v) is 6.14. The average Bonchev–Trinajstić information content (AvgIpc) is 2.46. The number of amides is 2. The van der Waals surface area contributed by atoms with Gasteiger partial charge in [-0.2, -0.15) is 0 Å². The molecule has 4 N–H and O–H groups in total. The lowest BCUT2D eigenvalue weighted by Crippen LogP contribution is -2.57. The van der Waals surface area contributed by atoms with Crippen LogP contribution in [0.1, 0.15) is 13.3 Å². The first-order chi connectivity index (χ1) is 9.06. The van der Waals surface area contributed by atoms with Gasteiger partial charge < -0.3 is 25.9 Å². The van der Waals surface area contributed by atoms with Crippen LogP contribution in [0.5, 0.6) is 0 Å². The molecule has 1 aliphatic heterocycles. The Bertz CT molecular complexity index is 372. The number of ether oxygens (including phenoxy) is 1. The third-order valence-electron chi connectivity index (χ3n) is 3.14. The molecule has 2 amide bonds. The van der Waals surface area contributed by atoms with Crippen LogP contribution in [0.25, 0.3) is 0 Å². The molecule has 0 aromatic carbocycles. The van der Waals surface area contributed by atoms with E-state index in [1.807, 2.05) is 0 Å². The second-order valence-electron chi connectivity index (χ2n) is 4.22. The van der Waals surface area contributed by atoms with Crippen molar-refractivity contribution in [2.45, 2.75) is 19.4 Å². The van der Waals surface area contributed by atoms with Gasteiger partial charge in [0.25, 0.3) is 0 Å². The molecule has 19 heavy (non-hydrogen) atoms. The maximum absolute atomic E-state index is 12.4. The highest BCUT2D eigenvalue weighted by molar-refractivity contribution is 6.03. The van der Waals surface area contributed by atoms with E-state index in [0.717, 1.165) is 0 Å². The number of morpholine rings is 1. The topological polar surface area (TPSA) is 117 Å². The van der Waals surface area contributed by atoms with Gasteiger partial charge >= 0.3 is 0 Å². The van der Waals surface area contributed by atoms with E-state index in [0.29, 0.717) is 19.6 Å². The molecule has 0 spiro atoms. The number of carbonyl (C=O) groups is 2. The average molecular weight is 272 g/mol. The van der Waals surface area contributed by atoms with Crippen molar-refractivity contribution in [2.24, 2.45) is 16.8 Å². The van der Waals surface area contributed by atoms with E-state index in [-0.39, 0.29) is 24.3 Å². The fourth-order valence-corrected chi connectivity index (χ4v) is 2.03. The van der Waals surface area contributed by atoms with Crippen LogP contribution in [0.3, 0.4) is 0 Å². The third kappa shape index (κ3) is 3.34. The molecule has 8 heteroatoms. The molecule has 0 saturated carbocycles. The highest BCUT2D eigenvalue weighted by atomic mass is 16.5. The molecule has 1 rings (SSSR count). The first kappa shape index (κ1) is 15.2. The number of hydrogen-bond donors (Lipinski definition) is 3. The van der Waals surface area contributed by atoms with Crippen LogP contribution < -0.4 is 11.1 Å². The summed E-state index contributed by atoms with van der Waals surface area (Å²) in [5.74, 6) is -1.48. The Morgan fingerprint density at radius 2 is 2.32 bits per heavy atom. The summed E-state index contributed by atoms with van der Waals surface area (Å²) in [5.41, 5.74) is 5.51. The lowest BCUT2D eigenvalue weighted by molar-refractivity contribution is -0.149. The summed E-state index contributed by atoms with van der Waals surface area (Å²) in [6, 6.07) is -0.674. The number of oxime groups is 1. The Balaban J connectivity index is 2.90. The molecule has 0 bridgehead atoms. The number of rotatable bonds is 4. The maximum Gasteiger partial charge on any atom is 0.244 e. The van der Waals surface area contributed by atoms with Gasteiger partial charge in [0.1, 0.15) is 6.04 Å². The molecule has 8 nitrogen and oxygen atoms in total. The summed E-state index contributed by atoms with van der Waals surface area (Å²) >= 11 is 0. The van der Waals surface area contributed by atoms with E-state index in [1.165, 1.54) is 11.9 Å². The van der Waals surface area contributed by atoms with Gasteiger partial charge in [0.2, 0.25) is 11.8 Å². The van der Waals surface area contributed by atoms with Crippen LogP contribution in [0.4, 0.5) is 0 Å². The normalized spacial score (nSPS) is 21.9. The number of carbonyl (C=O) groups excluding carboxylic acids is 2. The number of nitrogens with one attached hydrogen (secondary N) is 1. The molecule has 2 unspecified atom stereocenters. The Morgan fingerprint density at radius 1 is 1.63 bits per heavy atom. The Labute approximate surface area is 111 Å². The molecule has 1 aliphatic rings. The summed E-state index contributed by atoms with van der Waals surface area (Å²) in [6.07, 6.45) is 0.395. The van der Waals surface area contributed by atoms with Crippen molar-refractivity contribution in [1.82, 2.24) is 10.2 Å². The summed E-state index contributed by atoms with van der Waals surface area (Å²) in [6.45, 7) is 2.59. The van der Waals surface area contributed by atoms with Crippen LogP contribution in [0, 0.1) is 5.92 Å². The minimum atomic E-state index is -0.727. The zero-order chi connectivity index (χ0) is 14.4. The molecule has 1 heterocycles. The molecule has 108 valence electrons. The van der Waals surface area contributed by atoms with Crippen molar-refractivity contribution >= 4 is 17.6 Å². The molecule has 0 radical (unpaired) electrons. The smallest absolute Gasteiger partial charge is 0.244 e. The second-order valence-corrected chi connectivity index (χ2v) is 4.22. The zero-order valence-electron chi connectivity index (χ0n) is 11.1. The van der Waals surface area contributed by atoms with Gasteiger partial charge in [-0.15, -0.1) is 0 Å². The maximum atomic E-state index is 12.4. The molecule has 0 aromatic heterocycles. The Morgan fingerprint density at radius 3 is 2.84 bits per heavy atom. The highest BCUT2D eigenvalue weighted by Crippen LogP contribution is 2.14. The highest BCUT2D eigenvalue weighted by Gasteiger charge is 2.36. The van der Waals surface area contributed by atoms with Crippen LogP contribution in [-0.2, 0) is 14.3 Å². The summed E-state index contributed by atoms with van der Waals surface area (Å²) in [5, 5.41) is 14.1. The van der Waals surface area contributed by atoms with Crippen molar-refractivity contribution in [1.29, 1.82) is 0 Å². The summed E-state index contributed by atoms with van der Waals surface area (Å²) < 4.78 is 5.22. The van der Waals surface area contributed by atoms with Gasteiger partial charge in [-0.1, -0.05) is 12.1 Å². The van der Waals surface area contributed by atoms with E-state index in [4.69, 9.17) is 15.7 Å². The lowest BCUT2D eigenvalue weighted by atomic mass is 10.0. The molecule has 1 fully saturated rings. The van der Waals surface area contributed by atoms with Gasteiger partial charge in [0.05, 0.1) is 19.1 Å². The molecular formula is C11H20N4O4. The number of likely N-dealkylation sites (N-methyl/N-ethyl adjacent to an activating group) is 1. The summed E-state index contributed by atoms with van der Waals surface area (Å²) in [4.78, 5) is 25.5. The largest absolute Gasteiger partial charge is 0.409 e.